The SMILES string of the molecule is CC1=C(n2ccc3ccccc32)CN(CCC(C)C)C1=O. The van der Waals surface area contributed by atoms with Gasteiger partial charge in [-0.15, -0.1) is 0 Å². The summed E-state index contributed by atoms with van der Waals surface area (Å²) in [5.41, 5.74) is 3.16. The van der Waals surface area contributed by atoms with Crippen molar-refractivity contribution < 1.29 is 4.79 Å². The number of para-hydroxylation sites is 1. The summed E-state index contributed by atoms with van der Waals surface area (Å²) < 4.78 is 2.16. The molecule has 3 rings (SSSR count). The van der Waals surface area contributed by atoms with Crippen LogP contribution < -0.4 is 0 Å². The second-order valence-corrected chi connectivity index (χ2v) is 6.23. The number of carbonyl (C=O) groups is 1. The van der Waals surface area contributed by atoms with Gasteiger partial charge in [-0.25, -0.2) is 0 Å². The predicted octanol–water partition coefficient (Wildman–Crippen LogP) is 3.76. The van der Waals surface area contributed by atoms with Crippen molar-refractivity contribution in [2.45, 2.75) is 27.2 Å². The maximum atomic E-state index is 12.4. The predicted molar refractivity (Wildman–Crippen MR) is 86.9 cm³/mol. The van der Waals surface area contributed by atoms with Crippen molar-refractivity contribution in [3.05, 3.63) is 42.1 Å². The maximum Gasteiger partial charge on any atom is 0.251 e. The third kappa shape index (κ3) is 2.48. The zero-order chi connectivity index (χ0) is 15.0. The van der Waals surface area contributed by atoms with Crippen LogP contribution in [0.1, 0.15) is 27.2 Å². The maximum absolute atomic E-state index is 12.4. The van der Waals surface area contributed by atoms with E-state index in [1.54, 1.807) is 0 Å². The minimum Gasteiger partial charge on any atom is -0.333 e. The van der Waals surface area contributed by atoms with E-state index in [1.807, 2.05) is 24.0 Å². The summed E-state index contributed by atoms with van der Waals surface area (Å²) in [6.45, 7) is 7.90. The highest BCUT2D eigenvalue weighted by Crippen LogP contribution is 2.27. The van der Waals surface area contributed by atoms with Gasteiger partial charge < -0.3 is 9.47 Å². The molecule has 0 unspecified atom stereocenters. The summed E-state index contributed by atoms with van der Waals surface area (Å²) in [7, 11) is 0. The van der Waals surface area contributed by atoms with Gasteiger partial charge in [-0.05, 0) is 36.8 Å². The molecule has 0 fully saturated rings. The van der Waals surface area contributed by atoms with Crippen LogP contribution in [0.25, 0.3) is 16.6 Å². The molecule has 2 aromatic rings. The lowest BCUT2D eigenvalue weighted by molar-refractivity contribution is -0.125. The molecule has 2 heterocycles. The van der Waals surface area contributed by atoms with Gasteiger partial charge >= 0.3 is 0 Å². The second-order valence-electron chi connectivity index (χ2n) is 6.23. The Morgan fingerprint density at radius 2 is 1.95 bits per heavy atom. The lowest BCUT2D eigenvalue weighted by Crippen LogP contribution is -2.28. The van der Waals surface area contributed by atoms with Crippen molar-refractivity contribution >= 4 is 22.5 Å². The van der Waals surface area contributed by atoms with E-state index in [4.69, 9.17) is 0 Å². The van der Waals surface area contributed by atoms with Crippen molar-refractivity contribution in [3.8, 4) is 0 Å². The van der Waals surface area contributed by atoms with E-state index in [2.05, 4.69) is 42.8 Å². The van der Waals surface area contributed by atoms with Gasteiger partial charge in [-0.3, -0.25) is 4.79 Å². The molecule has 0 spiro atoms. The molecule has 3 heteroatoms. The van der Waals surface area contributed by atoms with Crippen molar-refractivity contribution in [1.29, 1.82) is 0 Å². The highest BCUT2D eigenvalue weighted by molar-refractivity contribution is 6.03. The molecule has 21 heavy (non-hydrogen) atoms. The molecule has 1 amide bonds. The molecule has 1 aromatic carbocycles. The molecule has 0 saturated heterocycles. The fourth-order valence-corrected chi connectivity index (χ4v) is 2.90. The molecule has 0 aliphatic carbocycles. The number of hydrogen-bond acceptors (Lipinski definition) is 1. The lowest BCUT2D eigenvalue weighted by Gasteiger charge is -2.18. The number of carbonyl (C=O) groups excluding carboxylic acids is 1. The van der Waals surface area contributed by atoms with Crippen LogP contribution in [0.15, 0.2) is 42.1 Å². The first-order chi connectivity index (χ1) is 10.1. The number of nitrogens with zero attached hydrogens (tertiary/aromatic N) is 2. The standard InChI is InChI=1S/C18H22N2O/c1-13(2)8-10-19-12-17(14(3)18(19)21)20-11-9-15-6-4-5-7-16(15)20/h4-7,9,11,13H,8,10,12H2,1-3H3. The zero-order valence-electron chi connectivity index (χ0n) is 13.0. The Balaban J connectivity index is 1.90. The highest BCUT2D eigenvalue weighted by atomic mass is 16.2. The Labute approximate surface area is 125 Å². The van der Waals surface area contributed by atoms with Crippen LogP contribution in [-0.2, 0) is 4.79 Å². The Hall–Kier alpha value is -2.03. The van der Waals surface area contributed by atoms with E-state index in [0.717, 1.165) is 30.8 Å². The second kappa shape index (κ2) is 5.40. The summed E-state index contributed by atoms with van der Waals surface area (Å²) in [5, 5.41) is 1.21. The lowest BCUT2D eigenvalue weighted by atomic mass is 10.1. The average Bonchev–Trinajstić information content (AvgIpc) is 3.00. The van der Waals surface area contributed by atoms with E-state index >= 15 is 0 Å². The monoisotopic (exact) mass is 282 g/mol. The normalized spacial score (nSPS) is 15.8. The first kappa shape index (κ1) is 13.9. The van der Waals surface area contributed by atoms with E-state index in [1.165, 1.54) is 10.9 Å². The molecular weight excluding hydrogens is 260 g/mol. The first-order valence-electron chi connectivity index (χ1n) is 7.63. The summed E-state index contributed by atoms with van der Waals surface area (Å²) in [5.74, 6) is 0.804. The molecule has 0 bridgehead atoms. The van der Waals surface area contributed by atoms with Crippen LogP contribution >= 0.6 is 0 Å². The Morgan fingerprint density at radius 3 is 2.71 bits per heavy atom. The van der Waals surface area contributed by atoms with Crippen LogP contribution in [0, 0.1) is 5.92 Å². The Bertz CT molecular complexity index is 709. The molecule has 0 radical (unpaired) electrons. The molecular formula is C18H22N2O. The number of benzene rings is 1. The number of fused-ring (bicyclic) bond motifs is 1. The van der Waals surface area contributed by atoms with Crippen LogP contribution in [0.3, 0.4) is 0 Å². The topological polar surface area (TPSA) is 25.2 Å². The van der Waals surface area contributed by atoms with Crippen molar-refractivity contribution in [2.24, 2.45) is 5.92 Å². The van der Waals surface area contributed by atoms with Crippen LogP contribution in [0.4, 0.5) is 0 Å². The summed E-state index contributed by atoms with van der Waals surface area (Å²) in [4.78, 5) is 14.4. The van der Waals surface area contributed by atoms with Gasteiger partial charge in [-0.1, -0.05) is 32.0 Å². The van der Waals surface area contributed by atoms with Gasteiger partial charge in [0, 0.05) is 18.3 Å². The van der Waals surface area contributed by atoms with Gasteiger partial charge in [0.25, 0.3) is 5.91 Å². The number of aromatic nitrogens is 1. The van der Waals surface area contributed by atoms with Crippen molar-refractivity contribution in [2.75, 3.05) is 13.1 Å². The van der Waals surface area contributed by atoms with Gasteiger partial charge in [0.05, 0.1) is 17.8 Å². The molecule has 0 N–H and O–H groups in total. The minimum atomic E-state index is 0.184. The van der Waals surface area contributed by atoms with E-state index in [-0.39, 0.29) is 5.91 Å². The Morgan fingerprint density at radius 1 is 1.19 bits per heavy atom. The summed E-state index contributed by atoms with van der Waals surface area (Å²) in [6, 6.07) is 10.4. The third-order valence-electron chi connectivity index (χ3n) is 4.25. The number of rotatable bonds is 4. The fourth-order valence-electron chi connectivity index (χ4n) is 2.90. The third-order valence-corrected chi connectivity index (χ3v) is 4.25. The summed E-state index contributed by atoms with van der Waals surface area (Å²) >= 11 is 0. The number of amides is 1. The minimum absolute atomic E-state index is 0.184. The van der Waals surface area contributed by atoms with E-state index in [0.29, 0.717) is 5.92 Å². The molecule has 1 aromatic heterocycles. The molecule has 110 valence electrons. The smallest absolute Gasteiger partial charge is 0.251 e. The quantitative estimate of drug-likeness (QED) is 0.838. The molecule has 0 atom stereocenters. The molecule has 1 aliphatic rings. The van der Waals surface area contributed by atoms with Gasteiger partial charge in [0.15, 0.2) is 0 Å². The van der Waals surface area contributed by atoms with Crippen molar-refractivity contribution in [3.63, 3.8) is 0 Å². The summed E-state index contributed by atoms with van der Waals surface area (Å²) in [6.07, 6.45) is 3.13. The zero-order valence-corrected chi connectivity index (χ0v) is 13.0. The van der Waals surface area contributed by atoms with Crippen LogP contribution in [0.5, 0.6) is 0 Å². The molecule has 0 saturated carbocycles. The molecule has 1 aliphatic heterocycles. The molecule has 3 nitrogen and oxygen atoms in total. The van der Waals surface area contributed by atoms with Gasteiger partial charge in [-0.2, -0.15) is 0 Å². The highest BCUT2D eigenvalue weighted by Gasteiger charge is 2.28. The van der Waals surface area contributed by atoms with Crippen molar-refractivity contribution in [1.82, 2.24) is 9.47 Å². The van der Waals surface area contributed by atoms with E-state index < -0.39 is 0 Å². The largest absolute Gasteiger partial charge is 0.333 e. The fraction of sp³-hybridized carbons (Fsp3) is 0.389. The Kier molecular flexibility index (Phi) is 3.58. The van der Waals surface area contributed by atoms with Crippen LogP contribution in [0.2, 0.25) is 0 Å². The number of hydrogen-bond donors (Lipinski definition) is 0. The van der Waals surface area contributed by atoms with Gasteiger partial charge in [0.1, 0.15) is 0 Å². The van der Waals surface area contributed by atoms with E-state index in [9.17, 15) is 4.79 Å². The first-order valence-corrected chi connectivity index (χ1v) is 7.63. The average molecular weight is 282 g/mol. The van der Waals surface area contributed by atoms with Crippen LogP contribution in [-0.4, -0.2) is 28.5 Å². The van der Waals surface area contributed by atoms with Gasteiger partial charge in [0.2, 0.25) is 0 Å².